The summed E-state index contributed by atoms with van der Waals surface area (Å²) in [4.78, 5) is 14.0. The molecule has 74 valence electrons. The molecule has 0 spiro atoms. The molecule has 1 saturated carbocycles. The predicted octanol–water partition coefficient (Wildman–Crippen LogP) is 1.84. The fraction of sp³-hybridized carbons (Fsp3) is 0.909. The van der Waals surface area contributed by atoms with Gasteiger partial charge < -0.3 is 0 Å². The van der Waals surface area contributed by atoms with E-state index < -0.39 is 0 Å². The predicted molar refractivity (Wildman–Crippen MR) is 52.6 cm³/mol. The molecule has 1 unspecified atom stereocenters. The minimum atomic E-state index is 0.179. The second kappa shape index (κ2) is 2.57. The van der Waals surface area contributed by atoms with Gasteiger partial charge in [-0.15, -0.1) is 0 Å². The van der Waals surface area contributed by atoms with Gasteiger partial charge >= 0.3 is 0 Å². The number of carbonyl (C=O) groups excluding carboxylic acids is 1. The normalized spacial score (nSPS) is 39.2. The number of Topliss-reactive ketones (excluding diaryl/α,β-unsaturated/α-hetero) is 1. The van der Waals surface area contributed by atoms with Gasteiger partial charge in [0, 0.05) is 31.5 Å². The third kappa shape index (κ3) is 1.78. The molecular weight excluding hydrogens is 162 g/mol. The maximum atomic E-state index is 11.6. The Kier molecular flexibility index (Phi) is 1.82. The quantitative estimate of drug-likeness (QED) is 0.575. The molecule has 0 amide bonds. The van der Waals surface area contributed by atoms with Gasteiger partial charge in [-0.05, 0) is 18.8 Å². The third-order valence-corrected chi connectivity index (χ3v) is 3.32. The van der Waals surface area contributed by atoms with E-state index >= 15 is 0 Å². The van der Waals surface area contributed by atoms with Crippen LogP contribution in [0.3, 0.4) is 0 Å². The average Bonchev–Trinajstić information content (AvgIpc) is 2.57. The van der Waals surface area contributed by atoms with E-state index in [1.54, 1.807) is 0 Å². The molecule has 1 atom stereocenters. The largest absolute Gasteiger partial charge is 0.300 e. The molecule has 0 bridgehead atoms. The minimum absolute atomic E-state index is 0.179. The molecular formula is C11H19NO. The first-order chi connectivity index (χ1) is 5.91. The first-order valence-electron chi connectivity index (χ1n) is 5.18. The van der Waals surface area contributed by atoms with E-state index in [2.05, 4.69) is 25.7 Å². The summed E-state index contributed by atoms with van der Waals surface area (Å²) in [5, 5.41) is 0. The molecule has 2 rings (SSSR count). The summed E-state index contributed by atoms with van der Waals surface area (Å²) in [5.41, 5.74) is 0.394. The standard InChI is InChI=1S/C11H19NO/c1-10(2)6-9(13)7-11(3,8-10)12-4-5-12/h4-8H2,1-3H3. The Balaban J connectivity index is 2.16. The summed E-state index contributed by atoms with van der Waals surface area (Å²) in [5.74, 6) is 0.450. The van der Waals surface area contributed by atoms with Crippen molar-refractivity contribution in [2.75, 3.05) is 13.1 Å². The summed E-state index contributed by atoms with van der Waals surface area (Å²) in [6.07, 6.45) is 2.72. The highest BCUT2D eigenvalue weighted by atomic mass is 16.1. The molecule has 1 heterocycles. The van der Waals surface area contributed by atoms with E-state index in [1.807, 2.05) is 0 Å². The molecule has 0 radical (unpaired) electrons. The Morgan fingerprint density at radius 2 is 1.77 bits per heavy atom. The SMILES string of the molecule is CC1(C)CC(=O)CC(C)(N2CC2)C1. The van der Waals surface area contributed by atoms with Crippen molar-refractivity contribution in [3.63, 3.8) is 0 Å². The zero-order valence-corrected chi connectivity index (χ0v) is 8.89. The van der Waals surface area contributed by atoms with Crippen molar-refractivity contribution >= 4 is 5.78 Å². The van der Waals surface area contributed by atoms with Crippen molar-refractivity contribution < 1.29 is 4.79 Å². The second-order valence-electron chi connectivity index (χ2n) is 5.72. The van der Waals surface area contributed by atoms with Crippen molar-refractivity contribution in [1.29, 1.82) is 0 Å². The molecule has 1 aliphatic carbocycles. The monoisotopic (exact) mass is 181 g/mol. The van der Waals surface area contributed by atoms with Crippen LogP contribution in [0.4, 0.5) is 0 Å². The van der Waals surface area contributed by atoms with Gasteiger partial charge in [0.05, 0.1) is 0 Å². The smallest absolute Gasteiger partial charge is 0.135 e. The van der Waals surface area contributed by atoms with Gasteiger partial charge in [-0.3, -0.25) is 9.69 Å². The van der Waals surface area contributed by atoms with E-state index in [0.29, 0.717) is 5.78 Å². The van der Waals surface area contributed by atoms with Crippen molar-refractivity contribution in [3.8, 4) is 0 Å². The van der Waals surface area contributed by atoms with Crippen LogP contribution in [0.2, 0.25) is 0 Å². The number of hydrogen-bond donors (Lipinski definition) is 0. The lowest BCUT2D eigenvalue weighted by Crippen LogP contribution is -2.46. The highest BCUT2D eigenvalue weighted by molar-refractivity contribution is 5.81. The zero-order chi connectivity index (χ0) is 9.69. The van der Waals surface area contributed by atoms with Gasteiger partial charge in [-0.1, -0.05) is 13.8 Å². The van der Waals surface area contributed by atoms with Crippen molar-refractivity contribution in [2.45, 2.75) is 45.6 Å². The molecule has 0 N–H and O–H groups in total. The maximum absolute atomic E-state index is 11.6. The molecule has 2 nitrogen and oxygen atoms in total. The molecule has 2 fully saturated rings. The molecule has 2 heteroatoms. The first kappa shape index (κ1) is 9.20. The van der Waals surface area contributed by atoms with Gasteiger partial charge in [0.15, 0.2) is 0 Å². The summed E-state index contributed by atoms with van der Waals surface area (Å²) in [6.45, 7) is 9.07. The van der Waals surface area contributed by atoms with E-state index in [4.69, 9.17) is 0 Å². The fourth-order valence-corrected chi connectivity index (χ4v) is 2.99. The Morgan fingerprint density at radius 3 is 2.23 bits per heavy atom. The van der Waals surface area contributed by atoms with Crippen LogP contribution in [-0.4, -0.2) is 29.3 Å². The molecule has 0 aromatic heterocycles. The van der Waals surface area contributed by atoms with Crippen LogP contribution in [0.25, 0.3) is 0 Å². The Hall–Kier alpha value is -0.370. The van der Waals surface area contributed by atoms with Crippen LogP contribution >= 0.6 is 0 Å². The lowest BCUT2D eigenvalue weighted by Gasteiger charge is -2.43. The van der Waals surface area contributed by atoms with Crippen LogP contribution in [0.5, 0.6) is 0 Å². The van der Waals surface area contributed by atoms with Gasteiger partial charge in [-0.25, -0.2) is 0 Å². The van der Waals surface area contributed by atoms with Crippen molar-refractivity contribution in [1.82, 2.24) is 4.90 Å². The van der Waals surface area contributed by atoms with Gasteiger partial charge in [-0.2, -0.15) is 0 Å². The van der Waals surface area contributed by atoms with Gasteiger partial charge in [0.25, 0.3) is 0 Å². The van der Waals surface area contributed by atoms with E-state index in [1.165, 1.54) is 19.5 Å². The molecule has 0 aromatic rings. The topological polar surface area (TPSA) is 20.1 Å². The number of carbonyl (C=O) groups is 1. The summed E-state index contributed by atoms with van der Waals surface area (Å²) in [6, 6.07) is 0. The first-order valence-corrected chi connectivity index (χ1v) is 5.18. The lowest BCUT2D eigenvalue weighted by atomic mass is 9.68. The summed E-state index contributed by atoms with van der Waals surface area (Å²) < 4.78 is 0. The van der Waals surface area contributed by atoms with Crippen LogP contribution in [-0.2, 0) is 4.79 Å². The Labute approximate surface area is 80.3 Å². The van der Waals surface area contributed by atoms with Crippen molar-refractivity contribution in [2.24, 2.45) is 5.41 Å². The summed E-state index contributed by atoms with van der Waals surface area (Å²) >= 11 is 0. The number of rotatable bonds is 1. The average molecular weight is 181 g/mol. The molecule has 1 saturated heterocycles. The number of ketones is 1. The van der Waals surface area contributed by atoms with Crippen molar-refractivity contribution in [3.05, 3.63) is 0 Å². The van der Waals surface area contributed by atoms with E-state index in [0.717, 1.165) is 12.8 Å². The fourth-order valence-electron chi connectivity index (χ4n) is 2.99. The second-order valence-corrected chi connectivity index (χ2v) is 5.72. The Bertz CT molecular complexity index is 242. The number of hydrogen-bond acceptors (Lipinski definition) is 2. The summed E-state index contributed by atoms with van der Waals surface area (Å²) in [7, 11) is 0. The van der Waals surface area contributed by atoms with Crippen LogP contribution in [0.15, 0.2) is 0 Å². The van der Waals surface area contributed by atoms with Crippen LogP contribution in [0.1, 0.15) is 40.0 Å². The third-order valence-electron chi connectivity index (χ3n) is 3.32. The van der Waals surface area contributed by atoms with Gasteiger partial charge in [0.1, 0.15) is 5.78 Å². The van der Waals surface area contributed by atoms with Crippen LogP contribution < -0.4 is 0 Å². The zero-order valence-electron chi connectivity index (χ0n) is 8.89. The van der Waals surface area contributed by atoms with Crippen LogP contribution in [0, 0.1) is 5.41 Å². The highest BCUT2D eigenvalue weighted by Crippen LogP contribution is 2.44. The van der Waals surface area contributed by atoms with E-state index in [9.17, 15) is 4.79 Å². The minimum Gasteiger partial charge on any atom is -0.300 e. The Morgan fingerprint density at radius 1 is 1.15 bits per heavy atom. The molecule has 2 aliphatic rings. The maximum Gasteiger partial charge on any atom is 0.135 e. The lowest BCUT2D eigenvalue weighted by molar-refractivity contribution is -0.127. The molecule has 0 aromatic carbocycles. The molecule has 1 aliphatic heterocycles. The highest BCUT2D eigenvalue weighted by Gasteiger charge is 2.47. The van der Waals surface area contributed by atoms with Gasteiger partial charge in [0.2, 0.25) is 0 Å². The number of nitrogens with zero attached hydrogens (tertiary/aromatic N) is 1. The molecule has 13 heavy (non-hydrogen) atoms. The van der Waals surface area contributed by atoms with E-state index in [-0.39, 0.29) is 11.0 Å².